The van der Waals surface area contributed by atoms with E-state index >= 15 is 0 Å². The zero-order chi connectivity index (χ0) is 13.1. The predicted molar refractivity (Wildman–Crippen MR) is 79.9 cm³/mol. The second-order valence-electron chi connectivity index (χ2n) is 4.65. The number of thioether (sulfide) groups is 1. The van der Waals surface area contributed by atoms with Crippen molar-refractivity contribution in [2.45, 2.75) is 38.4 Å². The second-order valence-corrected chi connectivity index (χ2v) is 6.15. The minimum atomic E-state index is 0.601. The van der Waals surface area contributed by atoms with E-state index in [4.69, 9.17) is 11.6 Å². The zero-order valence-electron chi connectivity index (χ0n) is 11.2. The summed E-state index contributed by atoms with van der Waals surface area (Å²) in [5, 5.41) is 1.40. The van der Waals surface area contributed by atoms with Gasteiger partial charge in [-0.05, 0) is 26.0 Å². The van der Waals surface area contributed by atoms with E-state index < -0.39 is 0 Å². The molecule has 0 saturated carbocycles. The number of nitrogens with zero attached hydrogens (tertiary/aromatic N) is 3. The van der Waals surface area contributed by atoms with Gasteiger partial charge in [0.2, 0.25) is 0 Å². The Morgan fingerprint density at radius 1 is 1.33 bits per heavy atom. The molecule has 100 valence electrons. The molecule has 0 amide bonds. The Balaban J connectivity index is 2.20. The topological polar surface area (TPSA) is 29.0 Å². The molecule has 1 aromatic heterocycles. The van der Waals surface area contributed by atoms with Crippen LogP contribution in [0.15, 0.2) is 0 Å². The summed E-state index contributed by atoms with van der Waals surface area (Å²) >= 11 is 8.16. The molecule has 3 nitrogen and oxygen atoms in total. The van der Waals surface area contributed by atoms with E-state index in [0.29, 0.717) is 5.15 Å². The van der Waals surface area contributed by atoms with E-state index in [1.807, 2.05) is 18.7 Å². The van der Waals surface area contributed by atoms with Crippen molar-refractivity contribution < 1.29 is 0 Å². The van der Waals surface area contributed by atoms with Gasteiger partial charge in [-0.3, -0.25) is 0 Å². The highest BCUT2D eigenvalue weighted by Gasteiger charge is 2.22. The van der Waals surface area contributed by atoms with Crippen LogP contribution in [-0.2, 0) is 6.42 Å². The Kier molecular flexibility index (Phi) is 4.73. The first kappa shape index (κ1) is 13.9. The van der Waals surface area contributed by atoms with Crippen LogP contribution in [0, 0.1) is 6.92 Å². The molecule has 0 radical (unpaired) electrons. The van der Waals surface area contributed by atoms with Gasteiger partial charge in [-0.2, -0.15) is 11.8 Å². The standard InChI is InChI=1S/C13H20ClN3S/c1-4-11-15-12(14)9(2)13(16-11)17-7-5-10(18-3)6-8-17/h10H,4-8H2,1-3H3. The summed E-state index contributed by atoms with van der Waals surface area (Å²) in [6.07, 6.45) is 5.48. The van der Waals surface area contributed by atoms with Crippen molar-refractivity contribution in [1.29, 1.82) is 0 Å². The highest BCUT2D eigenvalue weighted by Crippen LogP contribution is 2.28. The van der Waals surface area contributed by atoms with Gasteiger partial charge in [0.05, 0.1) is 0 Å². The maximum Gasteiger partial charge on any atom is 0.137 e. The molecule has 0 unspecified atom stereocenters. The molecule has 2 rings (SSSR count). The molecule has 1 saturated heterocycles. The molecule has 1 aromatic rings. The summed E-state index contributed by atoms with van der Waals surface area (Å²) in [6, 6.07) is 0. The number of anilines is 1. The van der Waals surface area contributed by atoms with Crippen LogP contribution < -0.4 is 4.90 Å². The quantitative estimate of drug-likeness (QED) is 0.797. The minimum Gasteiger partial charge on any atom is -0.356 e. The molecular formula is C13H20ClN3S. The average molecular weight is 286 g/mol. The molecule has 0 aromatic carbocycles. The Bertz CT molecular complexity index is 417. The van der Waals surface area contributed by atoms with Crippen LogP contribution in [0.5, 0.6) is 0 Å². The van der Waals surface area contributed by atoms with Gasteiger partial charge in [0.25, 0.3) is 0 Å². The highest BCUT2D eigenvalue weighted by atomic mass is 35.5. The average Bonchev–Trinajstić information content (AvgIpc) is 2.42. The summed E-state index contributed by atoms with van der Waals surface area (Å²) in [5.41, 5.74) is 1.01. The summed E-state index contributed by atoms with van der Waals surface area (Å²) < 4.78 is 0. The summed E-state index contributed by atoms with van der Waals surface area (Å²) in [7, 11) is 0. The number of aromatic nitrogens is 2. The predicted octanol–water partition coefficient (Wildman–Crippen LogP) is 3.33. The maximum atomic E-state index is 6.19. The van der Waals surface area contributed by atoms with Gasteiger partial charge >= 0.3 is 0 Å². The lowest BCUT2D eigenvalue weighted by atomic mass is 10.1. The van der Waals surface area contributed by atoms with Crippen molar-refractivity contribution in [3.05, 3.63) is 16.5 Å². The summed E-state index contributed by atoms with van der Waals surface area (Å²) in [4.78, 5) is 11.3. The van der Waals surface area contributed by atoms with E-state index in [0.717, 1.165) is 42.0 Å². The van der Waals surface area contributed by atoms with Crippen LogP contribution >= 0.6 is 23.4 Å². The van der Waals surface area contributed by atoms with Crippen molar-refractivity contribution in [3.63, 3.8) is 0 Å². The Morgan fingerprint density at radius 2 is 2.00 bits per heavy atom. The Hall–Kier alpha value is -0.480. The summed E-state index contributed by atoms with van der Waals surface area (Å²) in [5.74, 6) is 1.87. The van der Waals surface area contributed by atoms with Gasteiger partial charge in [0.15, 0.2) is 0 Å². The van der Waals surface area contributed by atoms with E-state index in [-0.39, 0.29) is 0 Å². The van der Waals surface area contributed by atoms with Crippen molar-refractivity contribution in [3.8, 4) is 0 Å². The molecule has 1 fully saturated rings. The van der Waals surface area contributed by atoms with Gasteiger partial charge in [-0.15, -0.1) is 0 Å². The lowest BCUT2D eigenvalue weighted by Crippen LogP contribution is -2.36. The van der Waals surface area contributed by atoms with Crippen LogP contribution in [0.4, 0.5) is 5.82 Å². The number of halogens is 1. The van der Waals surface area contributed by atoms with Crippen LogP contribution in [0.1, 0.15) is 31.2 Å². The molecule has 5 heteroatoms. The molecule has 1 aliphatic heterocycles. The molecular weight excluding hydrogens is 266 g/mol. The van der Waals surface area contributed by atoms with E-state index in [1.54, 1.807) is 0 Å². The number of hydrogen-bond donors (Lipinski definition) is 0. The van der Waals surface area contributed by atoms with Gasteiger partial charge in [0.1, 0.15) is 16.8 Å². The fraction of sp³-hybridized carbons (Fsp3) is 0.692. The van der Waals surface area contributed by atoms with Crippen LogP contribution in [0.3, 0.4) is 0 Å². The van der Waals surface area contributed by atoms with Crippen LogP contribution in [0.2, 0.25) is 5.15 Å². The van der Waals surface area contributed by atoms with Gasteiger partial charge in [0, 0.05) is 30.3 Å². The Labute approximate surface area is 118 Å². The van der Waals surface area contributed by atoms with Gasteiger partial charge in [-0.1, -0.05) is 18.5 Å². The molecule has 1 aliphatic rings. The van der Waals surface area contributed by atoms with Crippen LogP contribution in [0.25, 0.3) is 0 Å². The smallest absolute Gasteiger partial charge is 0.137 e. The van der Waals surface area contributed by atoms with Crippen molar-refractivity contribution in [2.75, 3.05) is 24.2 Å². The fourth-order valence-corrected chi connectivity index (χ4v) is 3.15. The number of aryl methyl sites for hydroxylation is 1. The SMILES string of the molecule is CCc1nc(Cl)c(C)c(N2CCC(SC)CC2)n1. The largest absolute Gasteiger partial charge is 0.356 e. The highest BCUT2D eigenvalue weighted by molar-refractivity contribution is 7.99. The lowest BCUT2D eigenvalue weighted by molar-refractivity contribution is 0.584. The first-order valence-corrected chi connectivity index (χ1v) is 8.13. The zero-order valence-corrected chi connectivity index (χ0v) is 12.8. The van der Waals surface area contributed by atoms with E-state index in [9.17, 15) is 0 Å². The number of hydrogen-bond acceptors (Lipinski definition) is 4. The monoisotopic (exact) mass is 285 g/mol. The summed E-state index contributed by atoms with van der Waals surface area (Å²) in [6.45, 7) is 6.22. The van der Waals surface area contributed by atoms with Gasteiger partial charge in [-0.25, -0.2) is 9.97 Å². The van der Waals surface area contributed by atoms with Gasteiger partial charge < -0.3 is 4.90 Å². The normalized spacial score (nSPS) is 17.2. The fourth-order valence-electron chi connectivity index (χ4n) is 2.29. The third-order valence-electron chi connectivity index (χ3n) is 3.50. The van der Waals surface area contributed by atoms with Crippen molar-refractivity contribution in [1.82, 2.24) is 9.97 Å². The van der Waals surface area contributed by atoms with E-state index in [2.05, 4.69) is 28.0 Å². The second kappa shape index (κ2) is 6.11. The molecule has 18 heavy (non-hydrogen) atoms. The maximum absolute atomic E-state index is 6.19. The molecule has 0 aliphatic carbocycles. The first-order chi connectivity index (χ1) is 8.65. The van der Waals surface area contributed by atoms with E-state index in [1.165, 1.54) is 12.8 Å². The third-order valence-corrected chi connectivity index (χ3v) is 5.00. The number of piperidine rings is 1. The third kappa shape index (κ3) is 2.91. The Morgan fingerprint density at radius 3 is 2.56 bits per heavy atom. The lowest BCUT2D eigenvalue weighted by Gasteiger charge is -2.33. The molecule has 0 spiro atoms. The molecule has 2 heterocycles. The molecule has 0 atom stereocenters. The molecule has 0 N–H and O–H groups in total. The van der Waals surface area contributed by atoms with Crippen molar-refractivity contribution >= 4 is 29.2 Å². The van der Waals surface area contributed by atoms with Crippen molar-refractivity contribution in [2.24, 2.45) is 0 Å². The molecule has 0 bridgehead atoms. The first-order valence-electron chi connectivity index (χ1n) is 6.46. The minimum absolute atomic E-state index is 0.601. The number of rotatable bonds is 3. The van der Waals surface area contributed by atoms with Crippen LogP contribution in [-0.4, -0.2) is 34.6 Å².